The summed E-state index contributed by atoms with van der Waals surface area (Å²) in [6.07, 6.45) is 3.70. The van der Waals surface area contributed by atoms with Crippen molar-refractivity contribution in [2.45, 2.75) is 36.4 Å². The number of fused-ring (bicyclic) bond motifs is 1. The maximum atomic E-state index is 13.2. The first-order chi connectivity index (χ1) is 15.2. The second-order valence-electron chi connectivity index (χ2n) is 7.38. The predicted octanol–water partition coefficient (Wildman–Crippen LogP) is 5.18. The predicted molar refractivity (Wildman–Crippen MR) is 121 cm³/mol. The van der Waals surface area contributed by atoms with Crippen LogP contribution in [-0.2, 0) is 17.0 Å². The SMILES string of the molecule is O=c1c2ccccc2nc(SCc2ncc(-c3cccc(Cl)c3)o2)n1C[C@H]1CCCO1. The van der Waals surface area contributed by atoms with E-state index in [2.05, 4.69) is 4.98 Å². The average Bonchev–Trinajstić information content (AvgIpc) is 3.47. The molecule has 1 saturated heterocycles. The molecule has 0 saturated carbocycles. The van der Waals surface area contributed by atoms with E-state index in [0.717, 1.165) is 25.0 Å². The lowest BCUT2D eigenvalue weighted by Crippen LogP contribution is -2.28. The maximum absolute atomic E-state index is 13.2. The highest BCUT2D eigenvalue weighted by atomic mass is 35.5. The van der Waals surface area contributed by atoms with Crippen molar-refractivity contribution in [1.82, 2.24) is 14.5 Å². The van der Waals surface area contributed by atoms with E-state index >= 15 is 0 Å². The smallest absolute Gasteiger partial charge is 0.262 e. The molecule has 8 heteroatoms. The summed E-state index contributed by atoms with van der Waals surface area (Å²) >= 11 is 7.51. The van der Waals surface area contributed by atoms with E-state index in [1.54, 1.807) is 10.8 Å². The summed E-state index contributed by atoms with van der Waals surface area (Å²) in [5.74, 6) is 1.67. The number of thioether (sulfide) groups is 1. The Kier molecular flexibility index (Phi) is 5.80. The van der Waals surface area contributed by atoms with Crippen LogP contribution in [0.5, 0.6) is 0 Å². The first-order valence-electron chi connectivity index (χ1n) is 10.1. The monoisotopic (exact) mass is 453 g/mol. The fourth-order valence-electron chi connectivity index (χ4n) is 3.69. The summed E-state index contributed by atoms with van der Waals surface area (Å²) in [5, 5.41) is 1.90. The van der Waals surface area contributed by atoms with E-state index in [1.165, 1.54) is 11.8 Å². The fourth-order valence-corrected chi connectivity index (χ4v) is 4.74. The van der Waals surface area contributed by atoms with Crippen molar-refractivity contribution in [1.29, 1.82) is 0 Å². The van der Waals surface area contributed by atoms with Crippen LogP contribution in [0.15, 0.2) is 69.1 Å². The summed E-state index contributed by atoms with van der Waals surface area (Å²) in [4.78, 5) is 22.3. The van der Waals surface area contributed by atoms with Gasteiger partial charge in [0.05, 0.1) is 35.5 Å². The lowest BCUT2D eigenvalue weighted by atomic mass is 10.2. The summed E-state index contributed by atoms with van der Waals surface area (Å²) in [7, 11) is 0. The minimum Gasteiger partial charge on any atom is -0.440 e. The number of oxazole rings is 1. The third-order valence-electron chi connectivity index (χ3n) is 5.22. The van der Waals surface area contributed by atoms with Gasteiger partial charge >= 0.3 is 0 Å². The van der Waals surface area contributed by atoms with Crippen LogP contribution in [0, 0.1) is 0 Å². The molecule has 2 aromatic heterocycles. The van der Waals surface area contributed by atoms with Gasteiger partial charge in [-0.15, -0.1) is 0 Å². The molecule has 4 aromatic rings. The van der Waals surface area contributed by atoms with Gasteiger partial charge in [-0.2, -0.15) is 0 Å². The van der Waals surface area contributed by atoms with Gasteiger partial charge in [-0.25, -0.2) is 9.97 Å². The summed E-state index contributed by atoms with van der Waals surface area (Å²) < 4.78 is 13.4. The quantitative estimate of drug-likeness (QED) is 0.296. The molecule has 0 unspecified atom stereocenters. The molecule has 1 aliphatic rings. The molecule has 1 atom stereocenters. The normalized spacial score (nSPS) is 16.2. The summed E-state index contributed by atoms with van der Waals surface area (Å²) in [6, 6.07) is 14.9. The van der Waals surface area contributed by atoms with E-state index in [4.69, 9.17) is 25.7 Å². The highest BCUT2D eigenvalue weighted by Gasteiger charge is 2.20. The van der Waals surface area contributed by atoms with E-state index in [1.807, 2.05) is 48.5 Å². The van der Waals surface area contributed by atoms with Gasteiger partial charge in [-0.3, -0.25) is 9.36 Å². The molecular formula is C23H20ClN3O3S. The Morgan fingerprint density at radius 3 is 2.94 bits per heavy atom. The van der Waals surface area contributed by atoms with Gasteiger partial charge in [0.1, 0.15) is 0 Å². The number of hydrogen-bond donors (Lipinski definition) is 0. The lowest BCUT2D eigenvalue weighted by Gasteiger charge is -2.16. The van der Waals surface area contributed by atoms with Crippen LogP contribution in [0.1, 0.15) is 18.7 Å². The number of nitrogens with zero attached hydrogens (tertiary/aromatic N) is 3. The minimum absolute atomic E-state index is 0.0381. The Morgan fingerprint density at radius 2 is 2.10 bits per heavy atom. The Morgan fingerprint density at radius 1 is 1.19 bits per heavy atom. The van der Waals surface area contributed by atoms with Gasteiger partial charge in [-0.1, -0.05) is 47.6 Å². The van der Waals surface area contributed by atoms with Crippen molar-refractivity contribution in [3.8, 4) is 11.3 Å². The fraction of sp³-hybridized carbons (Fsp3) is 0.261. The van der Waals surface area contributed by atoms with Crippen molar-refractivity contribution < 1.29 is 9.15 Å². The molecule has 1 fully saturated rings. The zero-order valence-electron chi connectivity index (χ0n) is 16.7. The van der Waals surface area contributed by atoms with Gasteiger partial charge in [0.15, 0.2) is 10.9 Å². The first-order valence-corrected chi connectivity index (χ1v) is 11.5. The Labute approximate surface area is 188 Å². The largest absolute Gasteiger partial charge is 0.440 e. The second kappa shape index (κ2) is 8.86. The maximum Gasteiger partial charge on any atom is 0.262 e. The van der Waals surface area contributed by atoms with Crippen molar-refractivity contribution in [2.75, 3.05) is 6.61 Å². The standard InChI is InChI=1S/C23H20ClN3O3S/c24-16-6-3-5-15(11-16)20-12-25-21(30-20)14-31-23-26-19-9-2-1-8-18(19)22(28)27(23)13-17-7-4-10-29-17/h1-3,5-6,8-9,11-12,17H,4,7,10,13-14H2/t17-/m1/s1. The molecule has 0 N–H and O–H groups in total. The topological polar surface area (TPSA) is 70.2 Å². The van der Waals surface area contributed by atoms with Crippen LogP contribution in [0.4, 0.5) is 0 Å². The molecule has 0 amide bonds. The van der Waals surface area contributed by atoms with Crippen LogP contribution >= 0.6 is 23.4 Å². The van der Waals surface area contributed by atoms with Gasteiger partial charge in [0.25, 0.3) is 5.56 Å². The van der Waals surface area contributed by atoms with Crippen molar-refractivity contribution in [3.05, 3.63) is 76.0 Å². The van der Waals surface area contributed by atoms with Gasteiger partial charge < -0.3 is 9.15 Å². The average molecular weight is 454 g/mol. The van der Waals surface area contributed by atoms with E-state index in [9.17, 15) is 4.79 Å². The van der Waals surface area contributed by atoms with Crippen molar-refractivity contribution in [3.63, 3.8) is 0 Å². The zero-order chi connectivity index (χ0) is 21.2. The number of benzene rings is 2. The third-order valence-corrected chi connectivity index (χ3v) is 6.42. The number of ether oxygens (including phenoxy) is 1. The highest BCUT2D eigenvalue weighted by molar-refractivity contribution is 7.98. The molecule has 31 heavy (non-hydrogen) atoms. The molecule has 5 rings (SSSR count). The third kappa shape index (κ3) is 4.39. The number of para-hydroxylation sites is 1. The molecule has 3 heterocycles. The van der Waals surface area contributed by atoms with Crippen LogP contribution < -0.4 is 5.56 Å². The van der Waals surface area contributed by atoms with Crippen molar-refractivity contribution in [2.24, 2.45) is 0 Å². The molecular weight excluding hydrogens is 434 g/mol. The number of rotatable bonds is 6. The molecule has 0 bridgehead atoms. The van der Waals surface area contributed by atoms with Crippen LogP contribution in [0.25, 0.3) is 22.2 Å². The van der Waals surface area contributed by atoms with E-state index < -0.39 is 0 Å². The molecule has 0 aliphatic carbocycles. The number of halogens is 1. The lowest BCUT2D eigenvalue weighted by molar-refractivity contribution is 0.0937. The summed E-state index contributed by atoms with van der Waals surface area (Å²) in [5.41, 5.74) is 1.51. The van der Waals surface area contributed by atoms with Gasteiger partial charge in [-0.05, 0) is 37.1 Å². The summed E-state index contributed by atoms with van der Waals surface area (Å²) in [6.45, 7) is 1.24. The Bertz CT molecular complexity index is 1280. The van der Waals surface area contributed by atoms with Crippen LogP contribution in [-0.4, -0.2) is 27.2 Å². The molecule has 158 valence electrons. The van der Waals surface area contributed by atoms with E-state index in [0.29, 0.717) is 45.0 Å². The number of aromatic nitrogens is 3. The second-order valence-corrected chi connectivity index (χ2v) is 8.76. The van der Waals surface area contributed by atoms with Crippen LogP contribution in [0.3, 0.4) is 0 Å². The minimum atomic E-state index is -0.0457. The molecule has 1 aliphatic heterocycles. The number of hydrogen-bond acceptors (Lipinski definition) is 6. The van der Waals surface area contributed by atoms with Gasteiger partial charge in [0, 0.05) is 17.2 Å². The molecule has 0 radical (unpaired) electrons. The Balaban J connectivity index is 1.42. The first kappa shape index (κ1) is 20.3. The highest BCUT2D eigenvalue weighted by Crippen LogP contribution is 2.27. The van der Waals surface area contributed by atoms with Crippen molar-refractivity contribution >= 4 is 34.3 Å². The zero-order valence-corrected chi connectivity index (χ0v) is 18.2. The molecule has 0 spiro atoms. The molecule has 6 nitrogen and oxygen atoms in total. The van der Waals surface area contributed by atoms with Crippen LogP contribution in [0.2, 0.25) is 5.02 Å². The van der Waals surface area contributed by atoms with Gasteiger partial charge in [0.2, 0.25) is 5.89 Å². The van der Waals surface area contributed by atoms with E-state index in [-0.39, 0.29) is 11.7 Å². The molecule has 2 aromatic carbocycles. The Hall–Kier alpha value is -2.61.